The summed E-state index contributed by atoms with van der Waals surface area (Å²) in [7, 11) is -4.26. The normalized spacial score (nSPS) is 11.8. The number of phenolic OH excluding ortho intramolecular Hbond substituents is 1. The molecule has 0 aliphatic carbocycles. The van der Waals surface area contributed by atoms with E-state index in [9.17, 15) is 13.5 Å². The van der Waals surface area contributed by atoms with Crippen molar-refractivity contribution in [2.24, 2.45) is 0 Å². The Labute approximate surface area is 91.9 Å². The van der Waals surface area contributed by atoms with Crippen molar-refractivity contribution >= 4 is 26.6 Å². The molecule has 0 bridgehead atoms. The topological polar surface area (TPSA) is 101 Å². The Hall–Kier alpha value is -1.79. The number of nitrogens with two attached hydrogens (primary N) is 1. The van der Waals surface area contributed by atoms with Crippen LogP contribution in [-0.2, 0) is 10.1 Å². The van der Waals surface area contributed by atoms with E-state index in [0.29, 0.717) is 16.5 Å². The maximum absolute atomic E-state index is 10.9. The first kappa shape index (κ1) is 10.7. The van der Waals surface area contributed by atoms with Gasteiger partial charge in [-0.15, -0.1) is 0 Å². The fourth-order valence-electron chi connectivity index (χ4n) is 1.50. The van der Waals surface area contributed by atoms with Crippen molar-refractivity contribution in [2.45, 2.75) is 4.90 Å². The van der Waals surface area contributed by atoms with Gasteiger partial charge in [0.25, 0.3) is 10.1 Å². The van der Waals surface area contributed by atoms with Gasteiger partial charge >= 0.3 is 0 Å². The van der Waals surface area contributed by atoms with Crippen molar-refractivity contribution in [1.29, 1.82) is 0 Å². The monoisotopic (exact) mass is 239 g/mol. The van der Waals surface area contributed by atoms with Crippen molar-refractivity contribution in [1.82, 2.24) is 0 Å². The minimum absolute atomic E-state index is 0.125. The Bertz CT molecular complexity index is 664. The first-order valence-electron chi connectivity index (χ1n) is 4.38. The zero-order valence-electron chi connectivity index (χ0n) is 8.08. The van der Waals surface area contributed by atoms with Crippen molar-refractivity contribution < 1.29 is 18.1 Å². The molecule has 0 heterocycles. The number of phenols is 1. The zero-order valence-corrected chi connectivity index (χ0v) is 8.90. The summed E-state index contributed by atoms with van der Waals surface area (Å²) in [5.74, 6) is -0.125. The minimum Gasteiger partial charge on any atom is -0.507 e. The van der Waals surface area contributed by atoms with Gasteiger partial charge in [-0.2, -0.15) is 8.42 Å². The van der Waals surface area contributed by atoms with E-state index in [4.69, 9.17) is 10.3 Å². The fourth-order valence-corrected chi connectivity index (χ4v) is 2.01. The number of aromatic hydroxyl groups is 1. The van der Waals surface area contributed by atoms with E-state index in [-0.39, 0.29) is 10.6 Å². The summed E-state index contributed by atoms with van der Waals surface area (Å²) in [6, 6.07) is 6.82. The second-order valence-electron chi connectivity index (χ2n) is 3.40. The van der Waals surface area contributed by atoms with E-state index >= 15 is 0 Å². The highest BCUT2D eigenvalue weighted by atomic mass is 32.2. The van der Waals surface area contributed by atoms with Crippen LogP contribution in [0.1, 0.15) is 0 Å². The smallest absolute Gasteiger partial charge is 0.294 e. The number of rotatable bonds is 1. The van der Waals surface area contributed by atoms with Crippen molar-refractivity contribution in [3.8, 4) is 5.75 Å². The van der Waals surface area contributed by atoms with Crippen LogP contribution in [0.25, 0.3) is 10.8 Å². The molecular weight excluding hydrogens is 230 g/mol. The van der Waals surface area contributed by atoms with Crippen LogP contribution in [-0.4, -0.2) is 18.1 Å². The molecule has 2 rings (SSSR count). The molecule has 0 aromatic heterocycles. The number of anilines is 1. The molecule has 16 heavy (non-hydrogen) atoms. The van der Waals surface area contributed by atoms with E-state index in [2.05, 4.69) is 0 Å². The maximum atomic E-state index is 10.9. The minimum atomic E-state index is -4.26. The van der Waals surface area contributed by atoms with Gasteiger partial charge in [-0.25, -0.2) is 0 Å². The van der Waals surface area contributed by atoms with Gasteiger partial charge in [-0.1, -0.05) is 6.07 Å². The van der Waals surface area contributed by atoms with Crippen molar-refractivity contribution in [3.05, 3.63) is 30.3 Å². The molecule has 84 valence electrons. The summed E-state index contributed by atoms with van der Waals surface area (Å²) in [6.45, 7) is 0. The van der Waals surface area contributed by atoms with Crippen molar-refractivity contribution in [3.63, 3.8) is 0 Å². The van der Waals surface area contributed by atoms with Gasteiger partial charge in [-0.05, 0) is 23.6 Å². The molecule has 0 radical (unpaired) electrons. The summed E-state index contributed by atoms with van der Waals surface area (Å²) in [4.78, 5) is -0.264. The summed E-state index contributed by atoms with van der Waals surface area (Å²) < 4.78 is 30.7. The van der Waals surface area contributed by atoms with Crippen LogP contribution in [0, 0.1) is 0 Å². The predicted molar refractivity (Wildman–Crippen MR) is 59.8 cm³/mol. The summed E-state index contributed by atoms with van der Waals surface area (Å²) in [6.07, 6.45) is 0. The lowest BCUT2D eigenvalue weighted by atomic mass is 10.1. The highest BCUT2D eigenvalue weighted by Crippen LogP contribution is 2.29. The lowest BCUT2D eigenvalue weighted by molar-refractivity contribution is 0.481. The van der Waals surface area contributed by atoms with Crippen LogP contribution in [0.3, 0.4) is 0 Å². The second kappa shape index (κ2) is 3.36. The summed E-state index contributed by atoms with van der Waals surface area (Å²) >= 11 is 0. The fraction of sp³-hybridized carbons (Fsp3) is 0. The third kappa shape index (κ3) is 1.80. The molecule has 2 aromatic rings. The first-order valence-corrected chi connectivity index (χ1v) is 5.82. The van der Waals surface area contributed by atoms with E-state index in [0.717, 1.165) is 0 Å². The first-order chi connectivity index (χ1) is 7.38. The molecule has 4 N–H and O–H groups in total. The standard InChI is InChI=1S/C10H9NO4S/c11-7-3-6-1-2-8(16(13,14)15)5-9(6)10(12)4-7/h1-5,12H,11H2,(H,13,14,15). The molecule has 0 spiro atoms. The lowest BCUT2D eigenvalue weighted by Crippen LogP contribution is -1.97. The highest BCUT2D eigenvalue weighted by molar-refractivity contribution is 7.85. The summed E-state index contributed by atoms with van der Waals surface area (Å²) in [5.41, 5.74) is 5.90. The maximum Gasteiger partial charge on any atom is 0.294 e. The quantitative estimate of drug-likeness (QED) is 0.515. The van der Waals surface area contributed by atoms with E-state index in [1.165, 1.54) is 24.3 Å². The Balaban J connectivity index is 2.82. The number of hydrogen-bond acceptors (Lipinski definition) is 4. The third-order valence-electron chi connectivity index (χ3n) is 2.22. The van der Waals surface area contributed by atoms with Crippen LogP contribution < -0.4 is 5.73 Å². The molecular formula is C10H9NO4S. The van der Waals surface area contributed by atoms with Gasteiger partial charge in [-0.3, -0.25) is 4.55 Å². The van der Waals surface area contributed by atoms with Gasteiger partial charge in [0.15, 0.2) is 0 Å². The van der Waals surface area contributed by atoms with Crippen LogP contribution >= 0.6 is 0 Å². The zero-order chi connectivity index (χ0) is 11.9. The van der Waals surface area contributed by atoms with Crippen LogP contribution in [0.2, 0.25) is 0 Å². The van der Waals surface area contributed by atoms with Gasteiger partial charge in [0.1, 0.15) is 5.75 Å². The molecule has 2 aromatic carbocycles. The second-order valence-corrected chi connectivity index (χ2v) is 4.82. The highest BCUT2D eigenvalue weighted by Gasteiger charge is 2.11. The van der Waals surface area contributed by atoms with E-state index < -0.39 is 10.1 Å². The van der Waals surface area contributed by atoms with E-state index in [1.807, 2.05) is 0 Å². The van der Waals surface area contributed by atoms with Crippen molar-refractivity contribution in [2.75, 3.05) is 5.73 Å². The van der Waals surface area contributed by atoms with Gasteiger partial charge < -0.3 is 10.8 Å². The van der Waals surface area contributed by atoms with Crippen LogP contribution in [0.4, 0.5) is 5.69 Å². The Morgan fingerprint density at radius 2 is 1.81 bits per heavy atom. The summed E-state index contributed by atoms with van der Waals surface area (Å²) in [5, 5.41) is 10.5. The molecule has 0 aliphatic heterocycles. The number of benzene rings is 2. The van der Waals surface area contributed by atoms with E-state index in [1.54, 1.807) is 6.07 Å². The molecule has 5 nitrogen and oxygen atoms in total. The third-order valence-corrected chi connectivity index (χ3v) is 3.07. The molecule has 0 atom stereocenters. The number of hydrogen-bond donors (Lipinski definition) is 3. The van der Waals surface area contributed by atoms with Crippen LogP contribution in [0.15, 0.2) is 35.2 Å². The average molecular weight is 239 g/mol. The molecule has 6 heteroatoms. The largest absolute Gasteiger partial charge is 0.507 e. The SMILES string of the molecule is Nc1cc(O)c2cc(S(=O)(=O)O)ccc2c1. The lowest BCUT2D eigenvalue weighted by Gasteiger charge is -2.04. The Morgan fingerprint density at radius 1 is 1.12 bits per heavy atom. The number of fused-ring (bicyclic) bond motifs is 1. The van der Waals surface area contributed by atoms with Gasteiger partial charge in [0.05, 0.1) is 4.90 Å². The van der Waals surface area contributed by atoms with Gasteiger partial charge in [0, 0.05) is 17.1 Å². The molecule has 0 saturated carbocycles. The van der Waals surface area contributed by atoms with Crippen LogP contribution in [0.5, 0.6) is 5.75 Å². The molecule has 0 amide bonds. The average Bonchev–Trinajstić information content (AvgIpc) is 2.15. The molecule has 0 saturated heterocycles. The number of nitrogen functional groups attached to an aromatic ring is 1. The Kier molecular flexibility index (Phi) is 2.25. The molecule has 0 unspecified atom stereocenters. The molecule has 0 fully saturated rings. The molecule has 0 aliphatic rings. The Morgan fingerprint density at radius 3 is 2.44 bits per heavy atom. The predicted octanol–water partition coefficient (Wildman–Crippen LogP) is 1.37. The van der Waals surface area contributed by atoms with Gasteiger partial charge in [0.2, 0.25) is 0 Å².